The molecule has 2 heteroatoms. The molecule has 0 fully saturated rings. The van der Waals surface area contributed by atoms with Crippen LogP contribution in [0.5, 0.6) is 0 Å². The van der Waals surface area contributed by atoms with Gasteiger partial charge in [0.25, 0.3) is 0 Å². The van der Waals surface area contributed by atoms with Crippen molar-refractivity contribution in [1.29, 1.82) is 0 Å². The maximum absolute atomic E-state index is 6.39. The molecule has 2 aliphatic carbocycles. The molecular formula is C65H41NO. The van der Waals surface area contributed by atoms with E-state index in [-0.39, 0.29) is 0 Å². The fourth-order valence-electron chi connectivity index (χ4n) is 11.7. The molecule has 0 radical (unpaired) electrons. The van der Waals surface area contributed by atoms with Crippen molar-refractivity contribution in [2.75, 3.05) is 4.90 Å². The Hall–Kier alpha value is -8.72. The van der Waals surface area contributed by atoms with Crippen LogP contribution in [0.3, 0.4) is 0 Å². The summed E-state index contributed by atoms with van der Waals surface area (Å²) in [6.07, 6.45) is 0. The minimum absolute atomic E-state index is 0.436. The molecule has 67 heavy (non-hydrogen) atoms. The predicted octanol–water partition coefficient (Wildman–Crippen LogP) is 17.6. The maximum Gasteiger partial charge on any atom is 0.136 e. The molecule has 2 nitrogen and oxygen atoms in total. The Kier molecular flexibility index (Phi) is 8.23. The summed E-state index contributed by atoms with van der Waals surface area (Å²) < 4.78 is 6.39. The van der Waals surface area contributed by atoms with E-state index in [2.05, 4.69) is 248 Å². The first-order valence-corrected chi connectivity index (χ1v) is 23.2. The molecule has 2 aliphatic rings. The van der Waals surface area contributed by atoms with Crippen molar-refractivity contribution in [3.05, 3.63) is 271 Å². The summed E-state index contributed by atoms with van der Waals surface area (Å²) >= 11 is 0. The third-order valence-electron chi connectivity index (χ3n) is 14.5. The number of anilines is 3. The van der Waals surface area contributed by atoms with Crippen LogP contribution in [0.15, 0.2) is 253 Å². The van der Waals surface area contributed by atoms with Gasteiger partial charge in [0.05, 0.1) is 11.1 Å². The SMILES string of the molecule is c1cc(-c2cccc3oc4ccccc4c23)cc(N(c2ccc(-c3ccc4ccccc4c3)cc2)c2ccccc2-c2cccc3c2-c2ccccc2C32c3ccccc3-c3ccccc32)c1. The summed E-state index contributed by atoms with van der Waals surface area (Å²) in [5.74, 6) is 0. The molecule has 0 atom stereocenters. The highest BCUT2D eigenvalue weighted by Crippen LogP contribution is 2.64. The van der Waals surface area contributed by atoms with Crippen LogP contribution in [0.4, 0.5) is 17.1 Å². The molecule has 0 aliphatic heterocycles. The molecular weight excluding hydrogens is 811 g/mol. The van der Waals surface area contributed by atoms with Crippen LogP contribution >= 0.6 is 0 Å². The first kappa shape index (κ1) is 37.6. The van der Waals surface area contributed by atoms with Gasteiger partial charge in [-0.1, -0.05) is 200 Å². The largest absolute Gasteiger partial charge is 0.456 e. The number of rotatable bonds is 6. The van der Waals surface area contributed by atoms with E-state index in [0.29, 0.717) is 0 Å². The van der Waals surface area contributed by atoms with Crippen molar-refractivity contribution in [2.45, 2.75) is 5.41 Å². The molecule has 312 valence electrons. The highest BCUT2D eigenvalue weighted by Gasteiger charge is 2.52. The monoisotopic (exact) mass is 851 g/mol. The smallest absolute Gasteiger partial charge is 0.136 e. The summed E-state index contributed by atoms with van der Waals surface area (Å²) in [4.78, 5) is 2.45. The standard InChI is InChI=1S/C65H41NO/c1-2-17-44-40-45(35-34-42(44)16-1)43-36-38-47(39-37-43)66(48-19-13-18-46(41-48)49-25-15-33-62-64(49)55-24-7-12-32-61(55)67-62)60-31-11-6-22-52(60)53-26-14-30-59-63(53)54-23-5-10-29-58(54)65(59)56-27-8-3-20-50(56)51-21-4-9-28-57(51)65/h1-41H. The zero-order valence-corrected chi connectivity index (χ0v) is 36.5. The molecule has 1 heterocycles. The van der Waals surface area contributed by atoms with Crippen molar-refractivity contribution in [3.8, 4) is 55.6 Å². The molecule has 0 amide bonds. The van der Waals surface area contributed by atoms with Gasteiger partial charge in [0, 0.05) is 27.7 Å². The van der Waals surface area contributed by atoms with Gasteiger partial charge in [0.15, 0.2) is 0 Å². The van der Waals surface area contributed by atoms with E-state index < -0.39 is 5.41 Å². The van der Waals surface area contributed by atoms with Crippen LogP contribution in [0, 0.1) is 0 Å². The van der Waals surface area contributed by atoms with E-state index in [4.69, 9.17) is 4.42 Å². The van der Waals surface area contributed by atoms with Gasteiger partial charge >= 0.3 is 0 Å². The highest BCUT2D eigenvalue weighted by molar-refractivity contribution is 6.12. The zero-order chi connectivity index (χ0) is 44.1. The summed E-state index contributed by atoms with van der Waals surface area (Å²) in [5.41, 5.74) is 22.1. The van der Waals surface area contributed by atoms with Gasteiger partial charge < -0.3 is 9.32 Å². The fraction of sp³-hybridized carbons (Fsp3) is 0.0154. The molecule has 0 saturated carbocycles. The van der Waals surface area contributed by atoms with Crippen LogP contribution in [0.2, 0.25) is 0 Å². The first-order chi connectivity index (χ1) is 33.2. The summed E-state index contributed by atoms with van der Waals surface area (Å²) in [6, 6.07) is 91.4. The Labute approximate surface area is 389 Å². The Balaban J connectivity index is 0.986. The Morgan fingerprint density at radius 3 is 1.69 bits per heavy atom. The topological polar surface area (TPSA) is 16.4 Å². The van der Waals surface area contributed by atoms with E-state index in [1.165, 1.54) is 72.0 Å². The highest BCUT2D eigenvalue weighted by atomic mass is 16.3. The lowest BCUT2D eigenvalue weighted by Crippen LogP contribution is -2.25. The number of nitrogens with zero attached hydrogens (tertiary/aromatic N) is 1. The summed E-state index contributed by atoms with van der Waals surface area (Å²) in [5, 5.41) is 4.73. The third-order valence-corrected chi connectivity index (χ3v) is 14.5. The van der Waals surface area contributed by atoms with E-state index in [1.807, 2.05) is 6.07 Å². The van der Waals surface area contributed by atoms with Gasteiger partial charge in [-0.3, -0.25) is 0 Å². The molecule has 12 aromatic rings. The van der Waals surface area contributed by atoms with Crippen molar-refractivity contribution in [2.24, 2.45) is 0 Å². The van der Waals surface area contributed by atoms with E-state index in [9.17, 15) is 0 Å². The van der Waals surface area contributed by atoms with E-state index in [0.717, 1.165) is 55.7 Å². The Bertz CT molecular complexity index is 3900. The molecule has 0 N–H and O–H groups in total. The van der Waals surface area contributed by atoms with Gasteiger partial charge in [-0.15, -0.1) is 0 Å². The van der Waals surface area contributed by atoms with Crippen LogP contribution in [-0.4, -0.2) is 0 Å². The molecule has 11 aromatic carbocycles. The second-order valence-corrected chi connectivity index (χ2v) is 17.9. The van der Waals surface area contributed by atoms with Gasteiger partial charge in [0.1, 0.15) is 11.2 Å². The quantitative estimate of drug-likeness (QED) is 0.166. The minimum atomic E-state index is -0.436. The number of para-hydroxylation sites is 2. The lowest BCUT2D eigenvalue weighted by Gasteiger charge is -2.31. The number of hydrogen-bond donors (Lipinski definition) is 0. The lowest BCUT2D eigenvalue weighted by molar-refractivity contribution is 0.669. The molecule has 0 unspecified atom stereocenters. The van der Waals surface area contributed by atoms with Crippen molar-refractivity contribution in [3.63, 3.8) is 0 Å². The zero-order valence-electron chi connectivity index (χ0n) is 36.5. The molecule has 0 saturated heterocycles. The van der Waals surface area contributed by atoms with Crippen LogP contribution < -0.4 is 4.90 Å². The molecule has 0 bridgehead atoms. The maximum atomic E-state index is 6.39. The average molecular weight is 852 g/mol. The van der Waals surface area contributed by atoms with Gasteiger partial charge in [-0.2, -0.15) is 0 Å². The normalized spacial score (nSPS) is 12.9. The fourth-order valence-corrected chi connectivity index (χ4v) is 11.7. The van der Waals surface area contributed by atoms with Crippen molar-refractivity contribution in [1.82, 2.24) is 0 Å². The van der Waals surface area contributed by atoms with Gasteiger partial charge in [0.2, 0.25) is 0 Å². The van der Waals surface area contributed by atoms with Crippen molar-refractivity contribution >= 4 is 49.8 Å². The number of fused-ring (bicyclic) bond motifs is 14. The van der Waals surface area contributed by atoms with Gasteiger partial charge in [-0.25, -0.2) is 0 Å². The lowest BCUT2D eigenvalue weighted by atomic mass is 9.70. The van der Waals surface area contributed by atoms with Crippen LogP contribution in [-0.2, 0) is 5.41 Å². The minimum Gasteiger partial charge on any atom is -0.456 e. The molecule has 1 spiro atoms. The predicted molar refractivity (Wildman–Crippen MR) is 279 cm³/mol. The summed E-state index contributed by atoms with van der Waals surface area (Å²) in [6.45, 7) is 0. The van der Waals surface area contributed by atoms with Crippen molar-refractivity contribution < 1.29 is 4.42 Å². The Morgan fingerprint density at radius 1 is 0.313 bits per heavy atom. The average Bonchev–Trinajstić information content (AvgIpc) is 4.04. The second-order valence-electron chi connectivity index (χ2n) is 17.9. The summed E-state index contributed by atoms with van der Waals surface area (Å²) in [7, 11) is 0. The molecule has 1 aromatic heterocycles. The molecule has 14 rings (SSSR count). The number of hydrogen-bond acceptors (Lipinski definition) is 2. The van der Waals surface area contributed by atoms with Gasteiger partial charge in [-0.05, 0) is 132 Å². The van der Waals surface area contributed by atoms with E-state index >= 15 is 0 Å². The number of furan rings is 1. The third kappa shape index (κ3) is 5.51. The first-order valence-electron chi connectivity index (χ1n) is 23.2. The number of benzene rings is 11. The second kappa shape index (κ2) is 14.7. The van der Waals surface area contributed by atoms with Crippen LogP contribution in [0.25, 0.3) is 88.3 Å². The van der Waals surface area contributed by atoms with E-state index in [1.54, 1.807) is 0 Å². The Morgan fingerprint density at radius 2 is 0.881 bits per heavy atom. The van der Waals surface area contributed by atoms with Crippen LogP contribution in [0.1, 0.15) is 22.3 Å².